The molecule has 0 heterocycles. The third-order valence-corrected chi connectivity index (χ3v) is 4.42. The number of amides is 1. The number of carbonyl (C=O) groups excluding carboxylic acids is 1. The van der Waals surface area contributed by atoms with Crippen LogP contribution >= 0.6 is 11.6 Å². The molecule has 0 radical (unpaired) electrons. The van der Waals surface area contributed by atoms with Gasteiger partial charge in [-0.1, -0.05) is 54.1 Å². The van der Waals surface area contributed by atoms with Crippen molar-refractivity contribution in [2.75, 3.05) is 5.32 Å². The molecule has 138 valence electrons. The Morgan fingerprint density at radius 1 is 1.07 bits per heavy atom. The molecule has 3 nitrogen and oxygen atoms in total. The molecule has 0 aliphatic heterocycles. The summed E-state index contributed by atoms with van der Waals surface area (Å²) < 4.78 is 13.3. The monoisotopic (exact) mass is 390 g/mol. The number of benzene rings is 3. The highest BCUT2D eigenvalue weighted by Crippen LogP contribution is 2.23. The molecule has 3 aromatic carbocycles. The van der Waals surface area contributed by atoms with Gasteiger partial charge in [0.15, 0.2) is 0 Å². The minimum atomic E-state index is -0.492. The lowest BCUT2D eigenvalue weighted by Gasteiger charge is -2.07. The van der Waals surface area contributed by atoms with Crippen LogP contribution in [-0.4, -0.2) is 5.91 Å². The van der Waals surface area contributed by atoms with E-state index in [1.165, 1.54) is 18.2 Å². The van der Waals surface area contributed by atoms with Crippen LogP contribution in [0.5, 0.6) is 0 Å². The average molecular weight is 391 g/mol. The number of anilines is 1. The van der Waals surface area contributed by atoms with E-state index < -0.39 is 5.91 Å². The van der Waals surface area contributed by atoms with Gasteiger partial charge in [-0.25, -0.2) is 4.39 Å². The van der Waals surface area contributed by atoms with Gasteiger partial charge in [0.25, 0.3) is 5.91 Å². The quantitative estimate of drug-likeness (QED) is 0.454. The lowest BCUT2D eigenvalue weighted by atomic mass is 10.0. The van der Waals surface area contributed by atoms with Crippen molar-refractivity contribution in [2.45, 2.75) is 6.42 Å². The first-order chi connectivity index (χ1) is 13.5. The number of para-hydroxylation sites is 1. The minimum absolute atomic E-state index is 0.0298. The zero-order valence-corrected chi connectivity index (χ0v) is 15.6. The molecule has 0 aliphatic rings. The van der Waals surface area contributed by atoms with Crippen LogP contribution < -0.4 is 5.32 Å². The number of rotatable bonds is 5. The Bertz CT molecular complexity index is 1070. The average Bonchev–Trinajstić information content (AvgIpc) is 2.69. The van der Waals surface area contributed by atoms with Crippen LogP contribution in [0.2, 0.25) is 5.02 Å². The Hall–Kier alpha value is -3.42. The van der Waals surface area contributed by atoms with Gasteiger partial charge in [-0.2, -0.15) is 5.26 Å². The number of carbonyl (C=O) groups is 1. The standard InChI is InChI=1S/C23H16ClFN2O/c24-22-14-17(9-10-18(22)11-16-5-4-6-20(25)13-16)12-19(15-26)23(28)27-21-7-2-1-3-8-21/h1-10,12-14H,11H2,(H,27,28)/b19-12+. The fourth-order valence-electron chi connectivity index (χ4n) is 2.70. The van der Waals surface area contributed by atoms with Crippen LogP contribution in [0.1, 0.15) is 16.7 Å². The third kappa shape index (κ3) is 5.06. The zero-order chi connectivity index (χ0) is 19.9. The van der Waals surface area contributed by atoms with Crippen molar-refractivity contribution >= 4 is 29.3 Å². The lowest BCUT2D eigenvalue weighted by Crippen LogP contribution is -2.13. The second-order valence-corrected chi connectivity index (χ2v) is 6.55. The largest absolute Gasteiger partial charge is 0.321 e. The Kier molecular flexibility index (Phi) is 6.21. The highest BCUT2D eigenvalue weighted by atomic mass is 35.5. The summed E-state index contributed by atoms with van der Waals surface area (Å²) in [5, 5.41) is 12.5. The van der Waals surface area contributed by atoms with Crippen molar-refractivity contribution in [3.05, 3.63) is 106 Å². The number of nitriles is 1. The number of halogens is 2. The van der Waals surface area contributed by atoms with Gasteiger partial charge in [0.2, 0.25) is 0 Å². The van der Waals surface area contributed by atoms with E-state index in [1.54, 1.807) is 42.5 Å². The van der Waals surface area contributed by atoms with Gasteiger partial charge in [-0.05, 0) is 59.5 Å². The Balaban J connectivity index is 1.78. The topological polar surface area (TPSA) is 52.9 Å². The summed E-state index contributed by atoms with van der Waals surface area (Å²) >= 11 is 6.35. The molecule has 3 rings (SSSR count). The molecule has 0 bridgehead atoms. The summed E-state index contributed by atoms with van der Waals surface area (Å²) in [6.45, 7) is 0. The lowest BCUT2D eigenvalue weighted by molar-refractivity contribution is -0.112. The van der Waals surface area contributed by atoms with E-state index in [4.69, 9.17) is 11.6 Å². The van der Waals surface area contributed by atoms with Gasteiger partial charge < -0.3 is 5.32 Å². The second kappa shape index (κ2) is 8.98. The number of nitrogens with zero attached hydrogens (tertiary/aromatic N) is 1. The molecule has 5 heteroatoms. The van der Waals surface area contributed by atoms with Crippen molar-refractivity contribution in [3.8, 4) is 6.07 Å². The highest BCUT2D eigenvalue weighted by molar-refractivity contribution is 6.31. The first-order valence-electron chi connectivity index (χ1n) is 8.56. The van der Waals surface area contributed by atoms with Crippen LogP contribution in [0.4, 0.5) is 10.1 Å². The summed E-state index contributed by atoms with van der Waals surface area (Å²) in [4.78, 5) is 12.3. The second-order valence-electron chi connectivity index (χ2n) is 6.15. The molecule has 1 amide bonds. The summed E-state index contributed by atoms with van der Waals surface area (Å²) in [7, 11) is 0. The normalized spacial score (nSPS) is 11.0. The van der Waals surface area contributed by atoms with E-state index in [0.29, 0.717) is 22.7 Å². The Labute approximate surface area is 167 Å². The maximum atomic E-state index is 13.3. The van der Waals surface area contributed by atoms with Crippen LogP contribution in [0.3, 0.4) is 0 Å². The third-order valence-electron chi connectivity index (χ3n) is 4.07. The van der Waals surface area contributed by atoms with Crippen molar-refractivity contribution in [1.29, 1.82) is 5.26 Å². The summed E-state index contributed by atoms with van der Waals surface area (Å²) in [6.07, 6.45) is 1.97. The van der Waals surface area contributed by atoms with Gasteiger partial charge in [-0.3, -0.25) is 4.79 Å². The SMILES string of the molecule is N#C/C(=C\c1ccc(Cc2cccc(F)c2)c(Cl)c1)C(=O)Nc1ccccc1. The molecule has 0 spiro atoms. The molecule has 0 atom stereocenters. The van der Waals surface area contributed by atoms with Gasteiger partial charge in [0, 0.05) is 10.7 Å². The Morgan fingerprint density at radius 2 is 1.86 bits per heavy atom. The van der Waals surface area contributed by atoms with Gasteiger partial charge in [-0.15, -0.1) is 0 Å². The molecular weight excluding hydrogens is 375 g/mol. The summed E-state index contributed by atoms with van der Waals surface area (Å²) in [5.74, 6) is -0.787. The maximum Gasteiger partial charge on any atom is 0.266 e. The van der Waals surface area contributed by atoms with Crippen LogP contribution in [0, 0.1) is 17.1 Å². The molecule has 1 N–H and O–H groups in total. The fraction of sp³-hybridized carbons (Fsp3) is 0.0435. The molecule has 3 aromatic rings. The molecule has 28 heavy (non-hydrogen) atoms. The van der Waals surface area contributed by atoms with Gasteiger partial charge in [0.1, 0.15) is 17.5 Å². The molecule has 0 unspecified atom stereocenters. The predicted molar refractivity (Wildman–Crippen MR) is 109 cm³/mol. The van der Waals surface area contributed by atoms with Crippen molar-refractivity contribution in [1.82, 2.24) is 0 Å². The van der Waals surface area contributed by atoms with Crippen molar-refractivity contribution in [2.24, 2.45) is 0 Å². The molecule has 0 saturated carbocycles. The minimum Gasteiger partial charge on any atom is -0.321 e. The molecule has 0 saturated heterocycles. The molecule has 0 fully saturated rings. The predicted octanol–water partition coefficient (Wildman–Crippen LogP) is 5.62. The Morgan fingerprint density at radius 3 is 2.54 bits per heavy atom. The van der Waals surface area contributed by atoms with Crippen LogP contribution in [0.25, 0.3) is 6.08 Å². The molecule has 0 aromatic heterocycles. The smallest absolute Gasteiger partial charge is 0.266 e. The first-order valence-corrected chi connectivity index (χ1v) is 8.94. The summed E-state index contributed by atoms with van der Waals surface area (Å²) in [5.41, 5.74) is 2.85. The van der Waals surface area contributed by atoms with E-state index in [0.717, 1.165) is 11.1 Å². The molecular formula is C23H16ClFN2O. The van der Waals surface area contributed by atoms with E-state index in [9.17, 15) is 14.4 Å². The van der Waals surface area contributed by atoms with Crippen LogP contribution in [-0.2, 0) is 11.2 Å². The van der Waals surface area contributed by atoms with Crippen LogP contribution in [0.15, 0.2) is 78.4 Å². The number of hydrogen-bond donors (Lipinski definition) is 1. The van der Waals surface area contributed by atoms with Crippen molar-refractivity contribution < 1.29 is 9.18 Å². The first kappa shape index (κ1) is 19.3. The zero-order valence-electron chi connectivity index (χ0n) is 14.8. The van der Waals surface area contributed by atoms with E-state index in [-0.39, 0.29) is 11.4 Å². The number of nitrogens with one attached hydrogen (secondary N) is 1. The fourth-order valence-corrected chi connectivity index (χ4v) is 2.95. The van der Waals surface area contributed by atoms with Gasteiger partial charge >= 0.3 is 0 Å². The number of hydrogen-bond acceptors (Lipinski definition) is 2. The molecule has 0 aliphatic carbocycles. The van der Waals surface area contributed by atoms with E-state index in [2.05, 4.69) is 5.32 Å². The van der Waals surface area contributed by atoms with Gasteiger partial charge in [0.05, 0.1) is 0 Å². The van der Waals surface area contributed by atoms with E-state index in [1.807, 2.05) is 24.3 Å². The highest BCUT2D eigenvalue weighted by Gasteiger charge is 2.10. The van der Waals surface area contributed by atoms with Crippen molar-refractivity contribution in [3.63, 3.8) is 0 Å². The van der Waals surface area contributed by atoms with E-state index >= 15 is 0 Å². The summed E-state index contributed by atoms with van der Waals surface area (Å²) in [6, 6.07) is 22.4. The maximum absolute atomic E-state index is 13.3.